The van der Waals surface area contributed by atoms with Crippen LogP contribution in [0.3, 0.4) is 0 Å². The van der Waals surface area contributed by atoms with Gasteiger partial charge in [-0.25, -0.2) is 9.97 Å². The zero-order valence-corrected chi connectivity index (χ0v) is 12.9. The summed E-state index contributed by atoms with van der Waals surface area (Å²) in [5, 5.41) is -0.218. The highest BCUT2D eigenvalue weighted by molar-refractivity contribution is 6.20. The van der Waals surface area contributed by atoms with Crippen molar-refractivity contribution >= 4 is 22.8 Å². The van der Waals surface area contributed by atoms with Gasteiger partial charge in [-0.3, -0.25) is 4.57 Å². The Labute approximate surface area is 128 Å². The molecule has 1 aromatic carbocycles. The lowest BCUT2D eigenvalue weighted by molar-refractivity contribution is 0.414. The van der Waals surface area contributed by atoms with E-state index in [4.69, 9.17) is 16.3 Å². The molecular weight excluding hydrogens is 286 g/mol. The van der Waals surface area contributed by atoms with Crippen LogP contribution >= 0.6 is 11.6 Å². The standard InChI is InChI=1S/C16H16ClN3O/c1-10-7-8-18-16-14(10)19-15(11(2)17)20(16)12-5-4-6-13(9-12)21-3/h4-9,11H,1-3H3. The van der Waals surface area contributed by atoms with Crippen LogP contribution < -0.4 is 4.74 Å². The van der Waals surface area contributed by atoms with E-state index in [2.05, 4.69) is 9.97 Å². The lowest BCUT2D eigenvalue weighted by Crippen LogP contribution is -2.03. The Balaban J connectivity index is 2.33. The fraction of sp³-hybridized carbons (Fsp3) is 0.250. The van der Waals surface area contributed by atoms with Gasteiger partial charge in [-0.15, -0.1) is 11.6 Å². The SMILES string of the molecule is COc1cccc(-n2c(C(C)Cl)nc3c(C)ccnc32)c1. The van der Waals surface area contributed by atoms with Gasteiger partial charge in [0.25, 0.3) is 0 Å². The molecule has 5 heteroatoms. The lowest BCUT2D eigenvalue weighted by atomic mass is 10.2. The van der Waals surface area contributed by atoms with Crippen LogP contribution in [0.4, 0.5) is 0 Å². The molecule has 1 unspecified atom stereocenters. The lowest BCUT2D eigenvalue weighted by Gasteiger charge is -2.11. The van der Waals surface area contributed by atoms with Gasteiger partial charge in [0, 0.05) is 12.3 Å². The number of fused-ring (bicyclic) bond motifs is 1. The van der Waals surface area contributed by atoms with Crippen molar-refractivity contribution in [3.63, 3.8) is 0 Å². The predicted octanol–water partition coefficient (Wildman–Crippen LogP) is 4.04. The van der Waals surface area contributed by atoms with Crippen LogP contribution in [0.5, 0.6) is 5.75 Å². The van der Waals surface area contributed by atoms with E-state index in [1.54, 1.807) is 13.3 Å². The number of hydrogen-bond donors (Lipinski definition) is 0. The average Bonchev–Trinajstić information content (AvgIpc) is 2.88. The summed E-state index contributed by atoms with van der Waals surface area (Å²) in [7, 11) is 1.65. The highest BCUT2D eigenvalue weighted by atomic mass is 35.5. The molecule has 0 N–H and O–H groups in total. The Morgan fingerprint density at radius 3 is 2.81 bits per heavy atom. The summed E-state index contributed by atoms with van der Waals surface area (Å²) in [6.45, 7) is 3.93. The number of aryl methyl sites for hydroxylation is 1. The molecule has 0 aliphatic carbocycles. The van der Waals surface area contributed by atoms with E-state index in [1.807, 2.05) is 48.7 Å². The van der Waals surface area contributed by atoms with E-state index in [0.29, 0.717) is 0 Å². The van der Waals surface area contributed by atoms with Gasteiger partial charge >= 0.3 is 0 Å². The second-order valence-corrected chi connectivity index (χ2v) is 5.58. The van der Waals surface area contributed by atoms with Gasteiger partial charge in [0.15, 0.2) is 5.65 Å². The van der Waals surface area contributed by atoms with Crippen LogP contribution in [0.25, 0.3) is 16.9 Å². The maximum atomic E-state index is 6.31. The van der Waals surface area contributed by atoms with Gasteiger partial charge < -0.3 is 4.74 Å². The normalized spacial score (nSPS) is 12.6. The summed E-state index contributed by atoms with van der Waals surface area (Å²) in [6, 6.07) is 9.75. The number of methoxy groups -OCH3 is 1. The molecule has 4 nitrogen and oxygen atoms in total. The molecule has 0 aliphatic rings. The number of imidazole rings is 1. The molecule has 0 aliphatic heterocycles. The third-order valence-corrected chi connectivity index (χ3v) is 3.64. The average molecular weight is 302 g/mol. The van der Waals surface area contributed by atoms with Crippen molar-refractivity contribution in [3.8, 4) is 11.4 Å². The Hall–Kier alpha value is -2.07. The van der Waals surface area contributed by atoms with Crippen molar-refractivity contribution < 1.29 is 4.74 Å². The summed E-state index contributed by atoms with van der Waals surface area (Å²) < 4.78 is 7.29. The molecule has 108 valence electrons. The number of pyridine rings is 1. The molecular formula is C16H16ClN3O. The fourth-order valence-corrected chi connectivity index (χ4v) is 2.53. The first-order chi connectivity index (χ1) is 10.1. The van der Waals surface area contributed by atoms with Crippen molar-refractivity contribution in [2.24, 2.45) is 0 Å². The zero-order valence-electron chi connectivity index (χ0n) is 12.2. The van der Waals surface area contributed by atoms with Gasteiger partial charge in [0.2, 0.25) is 0 Å². The van der Waals surface area contributed by atoms with E-state index in [-0.39, 0.29) is 5.38 Å². The Morgan fingerprint density at radius 1 is 1.29 bits per heavy atom. The first-order valence-corrected chi connectivity index (χ1v) is 7.18. The number of alkyl halides is 1. The second kappa shape index (κ2) is 5.37. The first kappa shape index (κ1) is 13.9. The minimum atomic E-state index is -0.218. The van der Waals surface area contributed by atoms with E-state index < -0.39 is 0 Å². The minimum absolute atomic E-state index is 0.218. The molecule has 0 fully saturated rings. The highest BCUT2D eigenvalue weighted by Crippen LogP contribution is 2.29. The van der Waals surface area contributed by atoms with Crippen LogP contribution in [-0.2, 0) is 0 Å². The summed E-state index contributed by atoms with van der Waals surface area (Å²) in [4.78, 5) is 9.15. The Bertz CT molecular complexity index is 795. The predicted molar refractivity (Wildman–Crippen MR) is 84.4 cm³/mol. The van der Waals surface area contributed by atoms with Crippen molar-refractivity contribution in [1.82, 2.24) is 14.5 Å². The smallest absolute Gasteiger partial charge is 0.164 e. The third-order valence-electron chi connectivity index (χ3n) is 3.44. The Kier molecular flexibility index (Phi) is 3.55. The molecule has 0 saturated carbocycles. The van der Waals surface area contributed by atoms with Crippen LogP contribution in [-0.4, -0.2) is 21.6 Å². The number of rotatable bonds is 3. The van der Waals surface area contributed by atoms with E-state index in [0.717, 1.165) is 34.0 Å². The Morgan fingerprint density at radius 2 is 2.10 bits per heavy atom. The molecule has 3 aromatic rings. The zero-order chi connectivity index (χ0) is 15.0. The maximum Gasteiger partial charge on any atom is 0.164 e. The van der Waals surface area contributed by atoms with Gasteiger partial charge in [-0.1, -0.05) is 6.07 Å². The van der Waals surface area contributed by atoms with Crippen molar-refractivity contribution in [3.05, 3.63) is 47.9 Å². The molecule has 2 aromatic heterocycles. The monoisotopic (exact) mass is 301 g/mol. The molecule has 2 heterocycles. The van der Waals surface area contributed by atoms with Crippen molar-refractivity contribution in [2.75, 3.05) is 7.11 Å². The maximum absolute atomic E-state index is 6.31. The molecule has 0 bridgehead atoms. The van der Waals surface area contributed by atoms with Gasteiger partial charge in [0.1, 0.15) is 17.1 Å². The van der Waals surface area contributed by atoms with Crippen molar-refractivity contribution in [1.29, 1.82) is 0 Å². The summed E-state index contributed by atoms with van der Waals surface area (Å²) in [5.74, 6) is 1.57. The number of nitrogens with zero attached hydrogens (tertiary/aromatic N) is 3. The summed E-state index contributed by atoms with van der Waals surface area (Å²) >= 11 is 6.31. The topological polar surface area (TPSA) is 39.9 Å². The van der Waals surface area contributed by atoms with Crippen LogP contribution in [0.2, 0.25) is 0 Å². The van der Waals surface area contributed by atoms with Crippen LogP contribution in [0.15, 0.2) is 36.5 Å². The summed E-state index contributed by atoms with van der Waals surface area (Å²) in [6.07, 6.45) is 1.79. The van der Waals surface area contributed by atoms with E-state index in [1.165, 1.54) is 0 Å². The van der Waals surface area contributed by atoms with Crippen LogP contribution in [0.1, 0.15) is 23.7 Å². The third kappa shape index (κ3) is 2.36. The van der Waals surface area contributed by atoms with E-state index >= 15 is 0 Å². The van der Waals surface area contributed by atoms with Crippen LogP contribution in [0, 0.1) is 6.92 Å². The number of aromatic nitrogens is 3. The highest BCUT2D eigenvalue weighted by Gasteiger charge is 2.18. The van der Waals surface area contributed by atoms with Gasteiger partial charge in [0.05, 0.1) is 18.2 Å². The molecule has 0 saturated heterocycles. The summed E-state index contributed by atoms with van der Waals surface area (Å²) in [5.41, 5.74) is 3.71. The fourth-order valence-electron chi connectivity index (χ4n) is 2.38. The van der Waals surface area contributed by atoms with Gasteiger partial charge in [-0.2, -0.15) is 0 Å². The number of hydrogen-bond acceptors (Lipinski definition) is 3. The number of benzene rings is 1. The van der Waals surface area contributed by atoms with E-state index in [9.17, 15) is 0 Å². The van der Waals surface area contributed by atoms with Gasteiger partial charge in [-0.05, 0) is 37.6 Å². The minimum Gasteiger partial charge on any atom is -0.497 e. The molecule has 0 spiro atoms. The molecule has 0 amide bonds. The largest absolute Gasteiger partial charge is 0.497 e. The van der Waals surface area contributed by atoms with Crippen molar-refractivity contribution in [2.45, 2.75) is 19.2 Å². The molecule has 3 rings (SSSR count). The number of ether oxygens (including phenoxy) is 1. The molecule has 1 atom stereocenters. The number of halogens is 1. The molecule has 21 heavy (non-hydrogen) atoms. The second-order valence-electron chi connectivity index (χ2n) is 4.92. The molecule has 0 radical (unpaired) electrons. The quantitative estimate of drug-likeness (QED) is 0.686. The first-order valence-electron chi connectivity index (χ1n) is 6.74.